The highest BCUT2D eigenvalue weighted by Crippen LogP contribution is 2.25. The van der Waals surface area contributed by atoms with Gasteiger partial charge in [-0.2, -0.15) is 0 Å². The fourth-order valence-corrected chi connectivity index (χ4v) is 2.01. The minimum atomic E-state index is 0.638. The van der Waals surface area contributed by atoms with Gasteiger partial charge in [-0.3, -0.25) is 0 Å². The van der Waals surface area contributed by atoms with Gasteiger partial charge < -0.3 is 10.1 Å². The third kappa shape index (κ3) is 4.46. The van der Waals surface area contributed by atoms with Crippen LogP contribution >= 0.6 is 15.9 Å². The summed E-state index contributed by atoms with van der Waals surface area (Å²) in [6, 6.07) is 6.90. The van der Waals surface area contributed by atoms with Crippen LogP contribution in [-0.2, 0) is 6.54 Å². The van der Waals surface area contributed by atoms with Crippen LogP contribution in [-0.4, -0.2) is 12.6 Å². The fraction of sp³-hybridized carbons (Fsp3) is 0.467. The molecule has 0 spiro atoms. The first kappa shape index (κ1) is 13.6. The molecule has 0 heterocycles. The van der Waals surface area contributed by atoms with Gasteiger partial charge in [-0.15, -0.1) is 0 Å². The first-order chi connectivity index (χ1) is 8.65. The molecule has 18 heavy (non-hydrogen) atoms. The second-order valence-corrected chi connectivity index (χ2v) is 5.86. The van der Waals surface area contributed by atoms with Crippen LogP contribution in [0.5, 0.6) is 5.75 Å². The number of rotatable bonds is 6. The second-order valence-electron chi connectivity index (χ2n) is 5.00. The van der Waals surface area contributed by atoms with Gasteiger partial charge in [0.05, 0.1) is 0 Å². The Morgan fingerprint density at radius 3 is 2.89 bits per heavy atom. The lowest BCUT2D eigenvalue weighted by Crippen LogP contribution is -2.15. The molecule has 3 heteroatoms. The molecule has 1 saturated carbocycles. The second kappa shape index (κ2) is 6.39. The summed E-state index contributed by atoms with van der Waals surface area (Å²) in [4.78, 5) is 0. The molecule has 98 valence electrons. The van der Waals surface area contributed by atoms with Gasteiger partial charge in [0.15, 0.2) is 0 Å². The molecule has 1 aliphatic carbocycles. The summed E-state index contributed by atoms with van der Waals surface area (Å²) in [7, 11) is 0. The standard InChI is InChI=1S/C15H20BrNO/c1-11(2)7-8-18-14-5-6-15(16)12(9-14)10-17-13-3-4-13/h5-7,9,13,17H,3-4,8,10H2,1-2H3. The van der Waals surface area contributed by atoms with Gasteiger partial charge in [0, 0.05) is 17.1 Å². The van der Waals surface area contributed by atoms with E-state index in [4.69, 9.17) is 4.74 Å². The van der Waals surface area contributed by atoms with Gasteiger partial charge in [0.2, 0.25) is 0 Å². The van der Waals surface area contributed by atoms with Crippen LogP contribution in [0.25, 0.3) is 0 Å². The number of hydrogen-bond donors (Lipinski definition) is 1. The molecular weight excluding hydrogens is 290 g/mol. The predicted octanol–water partition coefficient (Wildman–Crippen LogP) is 4.05. The lowest BCUT2D eigenvalue weighted by molar-refractivity contribution is 0.361. The van der Waals surface area contributed by atoms with E-state index in [1.165, 1.54) is 24.0 Å². The molecule has 2 nitrogen and oxygen atoms in total. The molecule has 1 aliphatic rings. The maximum atomic E-state index is 5.71. The maximum absolute atomic E-state index is 5.71. The van der Waals surface area contributed by atoms with E-state index >= 15 is 0 Å². The van der Waals surface area contributed by atoms with Crippen LogP contribution in [0.1, 0.15) is 32.3 Å². The van der Waals surface area contributed by atoms with Crippen molar-refractivity contribution >= 4 is 15.9 Å². The highest BCUT2D eigenvalue weighted by atomic mass is 79.9. The largest absolute Gasteiger partial charge is 0.490 e. The van der Waals surface area contributed by atoms with Gasteiger partial charge in [0.25, 0.3) is 0 Å². The predicted molar refractivity (Wildman–Crippen MR) is 78.9 cm³/mol. The number of hydrogen-bond acceptors (Lipinski definition) is 2. The van der Waals surface area contributed by atoms with Crippen LogP contribution in [0.2, 0.25) is 0 Å². The third-order valence-electron chi connectivity index (χ3n) is 2.92. The highest BCUT2D eigenvalue weighted by Gasteiger charge is 2.20. The fourth-order valence-electron chi connectivity index (χ4n) is 1.62. The summed E-state index contributed by atoms with van der Waals surface area (Å²) in [6.45, 7) is 5.70. The summed E-state index contributed by atoms with van der Waals surface area (Å²) in [5.74, 6) is 0.934. The van der Waals surface area contributed by atoms with Gasteiger partial charge in [0.1, 0.15) is 12.4 Å². The van der Waals surface area contributed by atoms with Gasteiger partial charge in [-0.1, -0.05) is 21.5 Å². The van der Waals surface area contributed by atoms with Crippen LogP contribution in [0.15, 0.2) is 34.3 Å². The Labute approximate surface area is 118 Å². The Kier molecular flexibility index (Phi) is 4.84. The molecule has 1 fully saturated rings. The van der Waals surface area contributed by atoms with E-state index in [1.807, 2.05) is 6.07 Å². The molecule has 0 aromatic heterocycles. The summed E-state index contributed by atoms with van der Waals surface area (Å²) in [6.07, 6.45) is 4.72. The zero-order valence-electron chi connectivity index (χ0n) is 11.0. The topological polar surface area (TPSA) is 21.3 Å². The molecule has 0 bridgehead atoms. The van der Waals surface area contributed by atoms with Crippen molar-refractivity contribution < 1.29 is 4.74 Å². The Hall–Kier alpha value is -0.800. The average molecular weight is 310 g/mol. The quantitative estimate of drug-likeness (QED) is 0.801. The monoisotopic (exact) mass is 309 g/mol. The van der Waals surface area contributed by atoms with E-state index < -0.39 is 0 Å². The molecule has 0 amide bonds. The summed E-state index contributed by atoms with van der Waals surface area (Å²) in [5.41, 5.74) is 2.54. The summed E-state index contributed by atoms with van der Waals surface area (Å²) < 4.78 is 6.85. The van der Waals surface area contributed by atoms with Gasteiger partial charge in [-0.25, -0.2) is 0 Å². The van der Waals surface area contributed by atoms with Crippen molar-refractivity contribution in [3.63, 3.8) is 0 Å². The zero-order valence-corrected chi connectivity index (χ0v) is 12.6. The van der Waals surface area contributed by atoms with Gasteiger partial charge >= 0.3 is 0 Å². The molecule has 1 aromatic rings. The Morgan fingerprint density at radius 2 is 2.22 bits per heavy atom. The zero-order chi connectivity index (χ0) is 13.0. The number of ether oxygens (including phenoxy) is 1. The number of halogens is 1. The minimum absolute atomic E-state index is 0.638. The smallest absolute Gasteiger partial charge is 0.120 e. The van der Waals surface area contributed by atoms with Crippen molar-refractivity contribution in [3.8, 4) is 5.75 Å². The molecule has 0 saturated heterocycles. The van der Waals surface area contributed by atoms with Crippen LogP contribution in [0.4, 0.5) is 0 Å². The lowest BCUT2D eigenvalue weighted by atomic mass is 10.2. The molecule has 0 unspecified atom stereocenters. The van der Waals surface area contributed by atoms with Crippen LogP contribution < -0.4 is 10.1 Å². The number of allylic oxidation sites excluding steroid dienone is 1. The van der Waals surface area contributed by atoms with E-state index in [0.29, 0.717) is 6.61 Å². The van der Waals surface area contributed by atoms with E-state index in [9.17, 15) is 0 Å². The van der Waals surface area contributed by atoms with E-state index in [0.717, 1.165) is 22.8 Å². The van der Waals surface area contributed by atoms with Crippen LogP contribution in [0.3, 0.4) is 0 Å². The van der Waals surface area contributed by atoms with Crippen molar-refractivity contribution in [1.82, 2.24) is 5.32 Å². The third-order valence-corrected chi connectivity index (χ3v) is 3.69. The first-order valence-electron chi connectivity index (χ1n) is 6.43. The van der Waals surface area contributed by atoms with Crippen molar-refractivity contribution in [2.45, 2.75) is 39.3 Å². The minimum Gasteiger partial charge on any atom is -0.490 e. The summed E-state index contributed by atoms with van der Waals surface area (Å²) in [5, 5.41) is 3.52. The van der Waals surface area contributed by atoms with Crippen molar-refractivity contribution in [1.29, 1.82) is 0 Å². The maximum Gasteiger partial charge on any atom is 0.120 e. The lowest BCUT2D eigenvalue weighted by Gasteiger charge is -2.09. The Bertz CT molecular complexity index is 434. The normalized spacial score (nSPS) is 14.4. The van der Waals surface area contributed by atoms with Crippen molar-refractivity contribution in [3.05, 3.63) is 39.9 Å². The molecule has 1 N–H and O–H groups in total. The molecule has 1 aromatic carbocycles. The SMILES string of the molecule is CC(C)=CCOc1ccc(Br)c(CNC2CC2)c1. The molecule has 0 atom stereocenters. The Morgan fingerprint density at radius 1 is 1.44 bits per heavy atom. The highest BCUT2D eigenvalue weighted by molar-refractivity contribution is 9.10. The van der Waals surface area contributed by atoms with Crippen molar-refractivity contribution in [2.24, 2.45) is 0 Å². The molecular formula is C15H20BrNO. The Balaban J connectivity index is 1.93. The first-order valence-corrected chi connectivity index (χ1v) is 7.22. The summed E-state index contributed by atoms with van der Waals surface area (Å²) >= 11 is 3.58. The van der Waals surface area contributed by atoms with Gasteiger partial charge in [-0.05, 0) is 56.5 Å². The molecule has 2 rings (SSSR count). The molecule has 0 radical (unpaired) electrons. The number of benzene rings is 1. The van der Waals surface area contributed by atoms with E-state index in [1.54, 1.807) is 0 Å². The van der Waals surface area contributed by atoms with Crippen molar-refractivity contribution in [2.75, 3.05) is 6.61 Å². The molecule has 0 aliphatic heterocycles. The number of nitrogens with one attached hydrogen (secondary N) is 1. The average Bonchev–Trinajstić information content (AvgIpc) is 3.13. The van der Waals surface area contributed by atoms with E-state index in [-0.39, 0.29) is 0 Å². The van der Waals surface area contributed by atoms with Crippen LogP contribution in [0, 0.1) is 0 Å². The van der Waals surface area contributed by atoms with E-state index in [2.05, 4.69) is 53.3 Å².